The Bertz CT molecular complexity index is 1050. The van der Waals surface area contributed by atoms with E-state index in [1.165, 1.54) is 28.2 Å². The number of rotatable bonds is 5. The number of piperidine rings is 1. The van der Waals surface area contributed by atoms with Gasteiger partial charge in [-0.1, -0.05) is 12.1 Å². The summed E-state index contributed by atoms with van der Waals surface area (Å²) in [7, 11) is 0. The molecule has 7 nitrogen and oxygen atoms in total. The Hall–Kier alpha value is -3.07. The summed E-state index contributed by atoms with van der Waals surface area (Å²) < 4.78 is 20.4. The summed E-state index contributed by atoms with van der Waals surface area (Å²) in [6.07, 6.45) is 1.39. The summed E-state index contributed by atoms with van der Waals surface area (Å²) >= 11 is 1.46. The van der Waals surface area contributed by atoms with Crippen molar-refractivity contribution in [1.82, 2.24) is 19.7 Å². The summed E-state index contributed by atoms with van der Waals surface area (Å²) in [5, 5.41) is 6.30. The molecule has 4 rings (SSSR count). The first-order chi connectivity index (χ1) is 14.6. The Kier molecular flexibility index (Phi) is 5.89. The number of ether oxygens (including phenoxy) is 1. The van der Waals surface area contributed by atoms with Crippen LogP contribution in [0.15, 0.2) is 41.8 Å². The van der Waals surface area contributed by atoms with Crippen LogP contribution in [0.5, 0.6) is 0 Å². The number of nitrogens with zero attached hydrogens (tertiary/aromatic N) is 4. The number of aromatic nitrogens is 3. The molecule has 0 spiro atoms. The molecule has 3 aromatic rings. The number of hydrogen-bond acceptors (Lipinski definition) is 6. The first-order valence-electron chi connectivity index (χ1n) is 9.79. The third kappa shape index (κ3) is 4.11. The van der Waals surface area contributed by atoms with Gasteiger partial charge in [0, 0.05) is 13.1 Å². The maximum absolute atomic E-state index is 13.8. The lowest BCUT2D eigenvalue weighted by Crippen LogP contribution is -2.43. The zero-order valence-corrected chi connectivity index (χ0v) is 17.3. The highest BCUT2D eigenvalue weighted by molar-refractivity contribution is 7.13. The summed E-state index contributed by atoms with van der Waals surface area (Å²) in [6, 6.07) is 9.73. The van der Waals surface area contributed by atoms with Gasteiger partial charge in [0.05, 0.1) is 23.1 Å². The van der Waals surface area contributed by atoms with Gasteiger partial charge in [0.15, 0.2) is 5.82 Å². The average molecular weight is 428 g/mol. The Morgan fingerprint density at radius 3 is 2.90 bits per heavy atom. The molecular weight excluding hydrogens is 407 g/mol. The highest BCUT2D eigenvalue weighted by Crippen LogP contribution is 2.27. The minimum Gasteiger partial charge on any atom is -0.466 e. The van der Waals surface area contributed by atoms with Gasteiger partial charge in [-0.3, -0.25) is 9.59 Å². The summed E-state index contributed by atoms with van der Waals surface area (Å²) in [5.74, 6) is -0.888. The van der Waals surface area contributed by atoms with Crippen LogP contribution in [0.4, 0.5) is 4.39 Å². The highest BCUT2D eigenvalue weighted by Gasteiger charge is 2.32. The minimum absolute atomic E-state index is 0.0205. The summed E-state index contributed by atoms with van der Waals surface area (Å²) in [6.45, 7) is 2.88. The van der Waals surface area contributed by atoms with E-state index >= 15 is 0 Å². The fourth-order valence-electron chi connectivity index (χ4n) is 3.51. The van der Waals surface area contributed by atoms with Crippen molar-refractivity contribution in [3.8, 4) is 16.4 Å². The summed E-state index contributed by atoms with van der Waals surface area (Å²) in [5.41, 5.74) is 0.480. The molecule has 30 heavy (non-hydrogen) atoms. The largest absolute Gasteiger partial charge is 0.466 e. The van der Waals surface area contributed by atoms with Crippen LogP contribution in [-0.2, 0) is 9.53 Å². The lowest BCUT2D eigenvalue weighted by Gasteiger charge is -2.30. The van der Waals surface area contributed by atoms with Crippen LogP contribution in [0, 0.1) is 11.7 Å². The first-order valence-corrected chi connectivity index (χ1v) is 10.7. The van der Waals surface area contributed by atoms with Gasteiger partial charge in [0.25, 0.3) is 5.91 Å². The second-order valence-corrected chi connectivity index (χ2v) is 7.92. The maximum atomic E-state index is 13.8. The second-order valence-electron chi connectivity index (χ2n) is 6.97. The number of halogens is 1. The van der Waals surface area contributed by atoms with Crippen LogP contribution >= 0.6 is 11.3 Å². The van der Waals surface area contributed by atoms with Crippen molar-refractivity contribution in [1.29, 1.82) is 0 Å². The molecule has 3 heterocycles. The Balaban J connectivity index is 1.65. The molecule has 2 aromatic heterocycles. The van der Waals surface area contributed by atoms with Gasteiger partial charge in [-0.25, -0.2) is 14.1 Å². The molecule has 1 fully saturated rings. The van der Waals surface area contributed by atoms with Crippen molar-refractivity contribution in [3.63, 3.8) is 0 Å². The molecular formula is C21H21FN4O3S. The third-order valence-electron chi connectivity index (χ3n) is 4.92. The number of carbonyl (C=O) groups is 2. The Morgan fingerprint density at radius 1 is 1.30 bits per heavy atom. The molecule has 1 unspecified atom stereocenters. The number of amides is 1. The normalized spacial score (nSPS) is 16.5. The monoisotopic (exact) mass is 428 g/mol. The molecule has 1 aromatic carbocycles. The van der Waals surface area contributed by atoms with E-state index in [4.69, 9.17) is 4.74 Å². The van der Waals surface area contributed by atoms with E-state index in [-0.39, 0.29) is 30.2 Å². The minimum atomic E-state index is -0.402. The molecule has 1 aliphatic heterocycles. The van der Waals surface area contributed by atoms with Crippen molar-refractivity contribution in [3.05, 3.63) is 53.4 Å². The average Bonchev–Trinajstić information content (AvgIpc) is 3.43. The molecule has 1 saturated heterocycles. The highest BCUT2D eigenvalue weighted by atomic mass is 32.1. The number of thiophene rings is 1. The van der Waals surface area contributed by atoms with E-state index in [1.54, 1.807) is 24.0 Å². The van der Waals surface area contributed by atoms with E-state index in [0.717, 1.165) is 4.88 Å². The van der Waals surface area contributed by atoms with Gasteiger partial charge < -0.3 is 9.64 Å². The zero-order valence-electron chi connectivity index (χ0n) is 16.5. The van der Waals surface area contributed by atoms with Gasteiger partial charge in [-0.15, -0.1) is 16.4 Å². The first kappa shape index (κ1) is 20.2. The fourth-order valence-corrected chi connectivity index (χ4v) is 4.21. The van der Waals surface area contributed by atoms with E-state index < -0.39 is 5.82 Å². The van der Waals surface area contributed by atoms with Crippen molar-refractivity contribution < 1.29 is 18.7 Å². The Labute approximate surface area is 177 Å². The topological polar surface area (TPSA) is 77.3 Å². The number of esters is 1. The van der Waals surface area contributed by atoms with Crippen LogP contribution in [0.3, 0.4) is 0 Å². The number of hydrogen-bond donors (Lipinski definition) is 0. The lowest BCUT2D eigenvalue weighted by molar-refractivity contribution is -0.149. The fraction of sp³-hybridized carbons (Fsp3) is 0.333. The van der Waals surface area contributed by atoms with E-state index in [9.17, 15) is 14.0 Å². The maximum Gasteiger partial charge on any atom is 0.310 e. The van der Waals surface area contributed by atoms with E-state index in [0.29, 0.717) is 37.5 Å². The van der Waals surface area contributed by atoms with E-state index in [1.807, 2.05) is 17.5 Å². The standard InChI is InChI=1S/C21H21FN4O3S/c1-2-29-21(28)14-6-4-10-25(13-14)20(27)18-23-19(17-9-5-11-30-17)26(24-18)16-8-3-7-15(22)12-16/h3,5,7-9,11-12,14H,2,4,6,10,13H2,1H3. The zero-order chi connectivity index (χ0) is 21.1. The van der Waals surface area contributed by atoms with Gasteiger partial charge >= 0.3 is 5.97 Å². The molecule has 1 amide bonds. The van der Waals surface area contributed by atoms with Crippen LogP contribution in [-0.4, -0.2) is 51.2 Å². The van der Waals surface area contributed by atoms with Gasteiger partial charge in [-0.05, 0) is 49.4 Å². The van der Waals surface area contributed by atoms with Crippen LogP contribution in [0.1, 0.15) is 30.4 Å². The predicted octanol–water partition coefficient (Wildman–Crippen LogP) is 3.55. The number of likely N-dealkylation sites (tertiary alicyclic amines) is 1. The number of carbonyl (C=O) groups excluding carboxylic acids is 2. The number of benzene rings is 1. The molecule has 0 bridgehead atoms. The molecule has 0 saturated carbocycles. The smallest absolute Gasteiger partial charge is 0.310 e. The second kappa shape index (κ2) is 8.74. The summed E-state index contributed by atoms with van der Waals surface area (Å²) in [4.78, 5) is 32.1. The van der Waals surface area contributed by atoms with Crippen molar-refractivity contribution in [2.24, 2.45) is 5.92 Å². The van der Waals surface area contributed by atoms with Crippen LogP contribution in [0.2, 0.25) is 0 Å². The van der Waals surface area contributed by atoms with Crippen molar-refractivity contribution in [2.45, 2.75) is 19.8 Å². The Morgan fingerprint density at radius 2 is 2.17 bits per heavy atom. The molecule has 1 atom stereocenters. The van der Waals surface area contributed by atoms with Crippen molar-refractivity contribution >= 4 is 23.2 Å². The molecule has 1 aliphatic rings. The molecule has 156 valence electrons. The molecule has 0 aliphatic carbocycles. The van der Waals surface area contributed by atoms with Crippen molar-refractivity contribution in [2.75, 3.05) is 19.7 Å². The predicted molar refractivity (Wildman–Crippen MR) is 110 cm³/mol. The quantitative estimate of drug-likeness (QED) is 0.581. The lowest BCUT2D eigenvalue weighted by atomic mass is 9.98. The van der Waals surface area contributed by atoms with Gasteiger partial charge in [-0.2, -0.15) is 0 Å². The molecule has 9 heteroatoms. The van der Waals surface area contributed by atoms with E-state index in [2.05, 4.69) is 10.1 Å². The van der Waals surface area contributed by atoms with Gasteiger partial charge in [0.2, 0.25) is 5.82 Å². The SMILES string of the molecule is CCOC(=O)C1CCCN(C(=O)c2nc(-c3cccs3)n(-c3cccc(F)c3)n2)C1. The van der Waals surface area contributed by atoms with Gasteiger partial charge in [0.1, 0.15) is 5.82 Å². The molecule has 0 radical (unpaired) electrons. The third-order valence-corrected chi connectivity index (χ3v) is 5.79. The molecule has 0 N–H and O–H groups in total. The van der Waals surface area contributed by atoms with Crippen LogP contribution in [0.25, 0.3) is 16.4 Å². The van der Waals surface area contributed by atoms with Crippen LogP contribution < -0.4 is 0 Å².